The molecule has 1 aliphatic heterocycles. The number of carbonyl (C=O) groups is 3. The largest absolute Gasteiger partial charge is 0.494 e. The van der Waals surface area contributed by atoms with Gasteiger partial charge in [0.15, 0.2) is 0 Å². The van der Waals surface area contributed by atoms with Crippen molar-refractivity contribution in [2.45, 2.75) is 167 Å². The molecule has 2 aromatic carbocycles. The highest BCUT2D eigenvalue weighted by Crippen LogP contribution is 2.41. The zero-order valence-electron chi connectivity index (χ0n) is 33.6. The first kappa shape index (κ1) is 42.4. The summed E-state index contributed by atoms with van der Waals surface area (Å²) in [5, 5.41) is 0. The Morgan fingerprint density at radius 3 is 2.00 bits per heavy atom. The number of rotatable bonds is 20. The van der Waals surface area contributed by atoms with Crippen molar-refractivity contribution in [3.05, 3.63) is 59.7 Å². The Kier molecular flexibility index (Phi) is 16.7. The topological polar surface area (TPSA) is 91.4 Å². The van der Waals surface area contributed by atoms with Gasteiger partial charge in [-0.1, -0.05) is 57.6 Å². The number of hydrogen-bond acceptors (Lipinski definition) is 8. The van der Waals surface area contributed by atoms with Crippen LogP contribution in [-0.4, -0.2) is 60.3 Å². The molecule has 53 heavy (non-hydrogen) atoms. The van der Waals surface area contributed by atoms with Crippen molar-refractivity contribution in [2.24, 2.45) is 5.92 Å². The van der Waals surface area contributed by atoms with Crippen LogP contribution in [0.3, 0.4) is 0 Å². The highest BCUT2D eigenvalue weighted by atomic mass is 16.5. The second-order valence-electron chi connectivity index (χ2n) is 16.7. The van der Waals surface area contributed by atoms with Crippen LogP contribution in [0.25, 0.3) is 0 Å². The number of nitrogens with zero attached hydrogens (tertiary/aromatic N) is 1. The number of likely N-dealkylation sites (tertiary alicyclic amines) is 1. The van der Waals surface area contributed by atoms with Gasteiger partial charge in [0.2, 0.25) is 0 Å². The average Bonchev–Trinajstić information content (AvgIpc) is 3.13. The van der Waals surface area contributed by atoms with Gasteiger partial charge in [0.25, 0.3) is 0 Å². The minimum atomic E-state index is -0.378. The maximum atomic E-state index is 12.8. The van der Waals surface area contributed by atoms with E-state index in [1.807, 2.05) is 12.1 Å². The first-order valence-electron chi connectivity index (χ1n) is 20.5. The fraction of sp³-hybridized carbons (Fsp3) is 0.667. The molecule has 0 radical (unpaired) electrons. The third-order valence-electron chi connectivity index (χ3n) is 11.6. The molecule has 0 bridgehead atoms. The zero-order chi connectivity index (χ0) is 38.3. The molecule has 0 spiro atoms. The zero-order valence-corrected chi connectivity index (χ0v) is 33.6. The molecule has 2 unspecified atom stereocenters. The SMILES string of the molecule is CCCCCCC1CCCCC1c1ccc(OC(=O)c2ccc(OCCCCCCOC(=O)CCC(=O)OC3CC(C)(C)N(C)C(C)(C)C3)cc2)cc1. The summed E-state index contributed by atoms with van der Waals surface area (Å²) in [6, 6.07) is 15.3. The van der Waals surface area contributed by atoms with Crippen LogP contribution in [0.5, 0.6) is 11.5 Å². The summed E-state index contributed by atoms with van der Waals surface area (Å²) in [6.45, 7) is 11.8. The molecule has 0 amide bonds. The van der Waals surface area contributed by atoms with Crippen molar-refractivity contribution in [3.8, 4) is 11.5 Å². The molecule has 1 aliphatic carbocycles. The molecule has 2 fully saturated rings. The van der Waals surface area contributed by atoms with Crippen LogP contribution in [0, 0.1) is 5.92 Å². The molecule has 0 N–H and O–H groups in total. The monoisotopic (exact) mass is 733 g/mol. The van der Waals surface area contributed by atoms with E-state index in [0.29, 0.717) is 36.2 Å². The third kappa shape index (κ3) is 13.8. The Morgan fingerprint density at radius 2 is 1.32 bits per heavy atom. The average molecular weight is 734 g/mol. The number of esters is 3. The van der Waals surface area contributed by atoms with Gasteiger partial charge in [-0.2, -0.15) is 0 Å². The van der Waals surface area contributed by atoms with Crippen LogP contribution in [0.4, 0.5) is 0 Å². The molecule has 1 saturated carbocycles. The summed E-state index contributed by atoms with van der Waals surface area (Å²) in [7, 11) is 2.11. The standard InChI is InChI=1S/C45H67NO7/c1-7-8-9-12-17-34-18-13-14-19-40(34)35-20-26-38(27-21-35)53-43(49)36-22-24-37(25-23-36)50-30-15-10-11-16-31-51-41(47)28-29-42(48)52-39-32-44(2,3)46(6)45(4,5)33-39/h20-27,34,39-40H,7-19,28-33H2,1-6H3. The smallest absolute Gasteiger partial charge is 0.343 e. The lowest BCUT2D eigenvalue weighted by Gasteiger charge is -2.53. The molecule has 2 aliphatic rings. The molecule has 0 aromatic heterocycles. The number of ether oxygens (including phenoxy) is 4. The predicted molar refractivity (Wildman–Crippen MR) is 210 cm³/mol. The van der Waals surface area contributed by atoms with Crippen molar-refractivity contribution in [1.82, 2.24) is 4.90 Å². The molecule has 2 aromatic rings. The van der Waals surface area contributed by atoms with Crippen LogP contribution < -0.4 is 9.47 Å². The van der Waals surface area contributed by atoms with E-state index in [4.69, 9.17) is 18.9 Å². The van der Waals surface area contributed by atoms with Crippen molar-refractivity contribution in [1.29, 1.82) is 0 Å². The molecule has 8 heteroatoms. The highest BCUT2D eigenvalue weighted by molar-refractivity contribution is 5.91. The van der Waals surface area contributed by atoms with Gasteiger partial charge in [0.05, 0.1) is 31.6 Å². The molecule has 1 heterocycles. The lowest BCUT2D eigenvalue weighted by atomic mass is 9.73. The molecular formula is C45H67NO7. The summed E-state index contributed by atoms with van der Waals surface area (Å²) >= 11 is 0. The third-order valence-corrected chi connectivity index (χ3v) is 11.6. The Hall–Kier alpha value is -3.39. The molecule has 1 saturated heterocycles. The van der Waals surface area contributed by atoms with Gasteiger partial charge in [-0.05, 0) is 133 Å². The van der Waals surface area contributed by atoms with E-state index in [2.05, 4.69) is 58.7 Å². The van der Waals surface area contributed by atoms with E-state index in [1.165, 1.54) is 63.4 Å². The van der Waals surface area contributed by atoms with Gasteiger partial charge in [0, 0.05) is 23.9 Å². The van der Waals surface area contributed by atoms with Crippen molar-refractivity contribution >= 4 is 17.9 Å². The van der Waals surface area contributed by atoms with Crippen LogP contribution >= 0.6 is 0 Å². The summed E-state index contributed by atoms with van der Waals surface area (Å²) in [4.78, 5) is 39.8. The van der Waals surface area contributed by atoms with Gasteiger partial charge in [0.1, 0.15) is 17.6 Å². The van der Waals surface area contributed by atoms with Crippen molar-refractivity contribution in [2.75, 3.05) is 20.3 Å². The second kappa shape index (κ2) is 20.9. The maximum absolute atomic E-state index is 12.8. The maximum Gasteiger partial charge on any atom is 0.343 e. The quantitative estimate of drug-likeness (QED) is 0.0755. The summed E-state index contributed by atoms with van der Waals surface area (Å²) in [5.41, 5.74) is 1.72. The van der Waals surface area contributed by atoms with E-state index in [0.717, 1.165) is 44.4 Å². The normalized spacial score (nSPS) is 20.0. The van der Waals surface area contributed by atoms with Gasteiger partial charge < -0.3 is 18.9 Å². The fourth-order valence-electron chi connectivity index (χ4n) is 8.28. The van der Waals surface area contributed by atoms with Gasteiger partial charge in [-0.25, -0.2) is 4.79 Å². The lowest BCUT2D eigenvalue weighted by molar-refractivity contribution is -0.161. The molecule has 2 atom stereocenters. The van der Waals surface area contributed by atoms with E-state index in [1.54, 1.807) is 24.3 Å². The Balaban J connectivity index is 1.05. The lowest BCUT2D eigenvalue weighted by Crippen LogP contribution is -2.60. The van der Waals surface area contributed by atoms with Gasteiger partial charge in [-0.15, -0.1) is 0 Å². The minimum absolute atomic E-state index is 0.0375. The van der Waals surface area contributed by atoms with Crippen LogP contribution in [0.1, 0.15) is 166 Å². The van der Waals surface area contributed by atoms with Crippen LogP contribution in [0.15, 0.2) is 48.5 Å². The Labute approximate surface area is 319 Å². The fourth-order valence-corrected chi connectivity index (χ4v) is 8.28. The first-order chi connectivity index (χ1) is 25.4. The van der Waals surface area contributed by atoms with E-state index < -0.39 is 0 Å². The molecule has 4 rings (SSSR count). The van der Waals surface area contributed by atoms with Gasteiger partial charge in [-0.3, -0.25) is 14.5 Å². The number of benzene rings is 2. The second-order valence-corrected chi connectivity index (χ2v) is 16.7. The summed E-state index contributed by atoms with van der Waals surface area (Å²) < 4.78 is 22.6. The van der Waals surface area contributed by atoms with E-state index >= 15 is 0 Å². The molecule has 294 valence electrons. The van der Waals surface area contributed by atoms with E-state index in [-0.39, 0.29) is 47.9 Å². The van der Waals surface area contributed by atoms with Gasteiger partial charge >= 0.3 is 17.9 Å². The first-order valence-corrected chi connectivity index (χ1v) is 20.5. The summed E-state index contributed by atoms with van der Waals surface area (Å²) in [6.07, 6.45) is 16.8. The van der Waals surface area contributed by atoms with Crippen LogP contribution in [0.2, 0.25) is 0 Å². The predicted octanol–water partition coefficient (Wildman–Crippen LogP) is 10.6. The molecule has 8 nitrogen and oxygen atoms in total. The number of hydrogen-bond donors (Lipinski definition) is 0. The molecular weight excluding hydrogens is 666 g/mol. The van der Waals surface area contributed by atoms with E-state index in [9.17, 15) is 14.4 Å². The minimum Gasteiger partial charge on any atom is -0.494 e. The van der Waals surface area contributed by atoms with Crippen molar-refractivity contribution in [3.63, 3.8) is 0 Å². The number of carbonyl (C=O) groups excluding carboxylic acids is 3. The highest BCUT2D eigenvalue weighted by Gasteiger charge is 2.44. The van der Waals surface area contributed by atoms with Crippen LogP contribution in [-0.2, 0) is 19.1 Å². The number of piperidine rings is 1. The Bertz CT molecular complexity index is 1400. The Morgan fingerprint density at radius 1 is 0.717 bits per heavy atom. The van der Waals surface area contributed by atoms with Crippen molar-refractivity contribution < 1.29 is 33.3 Å². The number of unbranched alkanes of at least 4 members (excludes halogenated alkanes) is 6. The summed E-state index contributed by atoms with van der Waals surface area (Å²) in [5.74, 6) is 1.57.